The molecule has 0 unspecified atom stereocenters. The van der Waals surface area contributed by atoms with Crippen molar-refractivity contribution in [3.8, 4) is 0 Å². The average molecular weight is 292 g/mol. The third-order valence-corrected chi connectivity index (χ3v) is 2.38. The molecule has 0 spiro atoms. The van der Waals surface area contributed by atoms with Gasteiger partial charge in [0, 0.05) is 7.05 Å². The molecule has 8 heteroatoms. The molecule has 0 radical (unpaired) electrons. The van der Waals surface area contributed by atoms with Gasteiger partial charge in [-0.15, -0.1) is 0 Å². The summed E-state index contributed by atoms with van der Waals surface area (Å²) in [5, 5.41) is 5.04. The van der Waals surface area contributed by atoms with Crippen molar-refractivity contribution in [3.63, 3.8) is 0 Å². The second-order valence-electron chi connectivity index (χ2n) is 3.11. The molecule has 1 rings (SSSR count). The molecule has 0 fully saturated rings. The van der Waals surface area contributed by atoms with Crippen LogP contribution < -0.4 is 10.6 Å². The smallest absolute Gasteiger partial charge is 0.406 e. The zero-order chi connectivity index (χ0) is 13.5. The Kier molecular flexibility index (Phi) is 5.67. The van der Waals surface area contributed by atoms with E-state index in [4.69, 9.17) is 27.9 Å². The fourth-order valence-electron chi connectivity index (χ4n) is 1.06. The Morgan fingerprint density at radius 2 is 2.11 bits per heavy atom. The summed E-state index contributed by atoms with van der Waals surface area (Å²) in [7, 11) is 1.44. The van der Waals surface area contributed by atoms with E-state index in [9.17, 15) is 9.59 Å². The van der Waals surface area contributed by atoms with Gasteiger partial charge in [0.2, 0.25) is 0 Å². The van der Waals surface area contributed by atoms with Gasteiger partial charge < -0.3 is 15.4 Å². The van der Waals surface area contributed by atoms with Gasteiger partial charge in [-0.05, 0) is 12.1 Å². The van der Waals surface area contributed by atoms with Gasteiger partial charge in [0.1, 0.15) is 16.9 Å². The second kappa shape index (κ2) is 7.03. The summed E-state index contributed by atoms with van der Waals surface area (Å²) in [5.74, 6) is -0.412. The Balaban J connectivity index is 2.43. The van der Waals surface area contributed by atoms with Gasteiger partial charge >= 0.3 is 6.09 Å². The summed E-state index contributed by atoms with van der Waals surface area (Å²) < 4.78 is 4.69. The number of pyridine rings is 1. The molecule has 1 aromatic heterocycles. The van der Waals surface area contributed by atoms with E-state index in [0.29, 0.717) is 0 Å². The number of hydrogen-bond donors (Lipinski definition) is 2. The fourth-order valence-corrected chi connectivity index (χ4v) is 1.49. The van der Waals surface area contributed by atoms with Gasteiger partial charge in [0.25, 0.3) is 5.91 Å². The largest absolute Gasteiger partial charge is 0.448 e. The van der Waals surface area contributed by atoms with Gasteiger partial charge in [-0.2, -0.15) is 0 Å². The first-order chi connectivity index (χ1) is 8.54. The molecule has 18 heavy (non-hydrogen) atoms. The lowest BCUT2D eigenvalue weighted by molar-refractivity contribution is 0.0934. The zero-order valence-corrected chi connectivity index (χ0v) is 11.0. The number of ether oxygens (including phenoxy) is 1. The highest BCUT2D eigenvalue weighted by molar-refractivity contribution is 6.34. The molecule has 6 nitrogen and oxygen atoms in total. The minimum atomic E-state index is -0.560. The van der Waals surface area contributed by atoms with Gasteiger partial charge in [0.15, 0.2) is 0 Å². The van der Waals surface area contributed by atoms with E-state index < -0.39 is 12.0 Å². The molecule has 0 atom stereocenters. The summed E-state index contributed by atoms with van der Waals surface area (Å²) in [6, 6.07) is 2.93. The van der Waals surface area contributed by atoms with Crippen LogP contribution in [0.3, 0.4) is 0 Å². The molecule has 0 aliphatic carbocycles. The van der Waals surface area contributed by atoms with Crippen LogP contribution in [0.4, 0.5) is 4.79 Å². The molecular formula is C10H11Cl2N3O3. The third kappa shape index (κ3) is 4.38. The van der Waals surface area contributed by atoms with Crippen molar-refractivity contribution in [2.75, 3.05) is 20.2 Å². The summed E-state index contributed by atoms with van der Waals surface area (Å²) >= 11 is 11.4. The van der Waals surface area contributed by atoms with Crippen LogP contribution in [-0.2, 0) is 4.74 Å². The van der Waals surface area contributed by atoms with Crippen LogP contribution in [0.25, 0.3) is 0 Å². The Labute approximate surface area is 114 Å². The maximum Gasteiger partial charge on any atom is 0.406 e. The van der Waals surface area contributed by atoms with Crippen LogP contribution in [0.5, 0.6) is 0 Å². The Hall–Kier alpha value is -1.53. The molecule has 0 aromatic carbocycles. The maximum atomic E-state index is 11.7. The SMILES string of the molecule is CNC(=O)OCCNC(=O)c1ccc(Cl)nc1Cl. The molecule has 0 saturated heterocycles. The van der Waals surface area contributed by atoms with Crippen LogP contribution >= 0.6 is 23.2 Å². The highest BCUT2D eigenvalue weighted by atomic mass is 35.5. The van der Waals surface area contributed by atoms with E-state index in [2.05, 4.69) is 15.6 Å². The van der Waals surface area contributed by atoms with Crippen molar-refractivity contribution >= 4 is 35.2 Å². The first kappa shape index (κ1) is 14.5. The lowest BCUT2D eigenvalue weighted by Gasteiger charge is -2.07. The molecule has 1 heterocycles. The summed E-state index contributed by atoms with van der Waals surface area (Å²) in [4.78, 5) is 26.1. The predicted molar refractivity (Wildman–Crippen MR) is 67.0 cm³/mol. The van der Waals surface area contributed by atoms with Gasteiger partial charge in [0.05, 0.1) is 12.1 Å². The van der Waals surface area contributed by atoms with E-state index >= 15 is 0 Å². The van der Waals surface area contributed by atoms with Crippen molar-refractivity contribution in [1.82, 2.24) is 15.6 Å². The summed E-state index contributed by atoms with van der Waals surface area (Å²) in [6.45, 7) is 0.231. The van der Waals surface area contributed by atoms with Gasteiger partial charge in [-0.25, -0.2) is 9.78 Å². The van der Waals surface area contributed by atoms with Crippen molar-refractivity contribution in [3.05, 3.63) is 28.0 Å². The van der Waals surface area contributed by atoms with Crippen LogP contribution in [0, 0.1) is 0 Å². The number of nitrogens with one attached hydrogen (secondary N) is 2. The number of alkyl carbamates (subject to hydrolysis) is 1. The quantitative estimate of drug-likeness (QED) is 0.650. The number of aromatic nitrogens is 1. The molecule has 0 bridgehead atoms. The Morgan fingerprint density at radius 3 is 2.72 bits per heavy atom. The highest BCUT2D eigenvalue weighted by Gasteiger charge is 2.11. The van der Waals surface area contributed by atoms with Crippen LogP contribution in [0.2, 0.25) is 10.3 Å². The average Bonchev–Trinajstić information content (AvgIpc) is 2.34. The number of carbonyl (C=O) groups excluding carboxylic acids is 2. The minimum Gasteiger partial charge on any atom is -0.448 e. The van der Waals surface area contributed by atoms with Crippen LogP contribution in [-0.4, -0.2) is 37.2 Å². The Bertz CT molecular complexity index is 454. The van der Waals surface area contributed by atoms with E-state index in [1.807, 2.05) is 0 Å². The highest BCUT2D eigenvalue weighted by Crippen LogP contribution is 2.16. The Morgan fingerprint density at radius 1 is 1.39 bits per heavy atom. The van der Waals surface area contributed by atoms with Crippen molar-refractivity contribution in [2.24, 2.45) is 0 Å². The fraction of sp³-hybridized carbons (Fsp3) is 0.300. The standard InChI is InChI=1S/C10H11Cl2N3O3/c1-13-10(17)18-5-4-14-9(16)6-2-3-7(11)15-8(6)12/h2-3H,4-5H2,1H3,(H,13,17)(H,14,16). The number of nitrogens with zero attached hydrogens (tertiary/aromatic N) is 1. The normalized spacial score (nSPS) is 9.72. The molecule has 0 aliphatic heterocycles. The first-order valence-electron chi connectivity index (χ1n) is 4.99. The molecular weight excluding hydrogens is 281 g/mol. The van der Waals surface area contributed by atoms with Crippen molar-refractivity contribution in [1.29, 1.82) is 0 Å². The van der Waals surface area contributed by atoms with Crippen LogP contribution in [0.15, 0.2) is 12.1 Å². The van der Waals surface area contributed by atoms with E-state index in [0.717, 1.165) is 0 Å². The molecule has 0 aliphatic rings. The maximum absolute atomic E-state index is 11.7. The number of hydrogen-bond acceptors (Lipinski definition) is 4. The molecule has 1 aromatic rings. The molecule has 2 N–H and O–H groups in total. The lowest BCUT2D eigenvalue weighted by Crippen LogP contribution is -2.30. The van der Waals surface area contributed by atoms with E-state index in [1.54, 1.807) is 0 Å². The number of carbonyl (C=O) groups is 2. The number of amides is 2. The number of halogens is 2. The monoisotopic (exact) mass is 291 g/mol. The van der Waals surface area contributed by atoms with Crippen molar-refractivity contribution < 1.29 is 14.3 Å². The second-order valence-corrected chi connectivity index (χ2v) is 3.86. The molecule has 2 amide bonds. The zero-order valence-electron chi connectivity index (χ0n) is 9.50. The topological polar surface area (TPSA) is 80.3 Å². The molecule has 0 saturated carbocycles. The minimum absolute atomic E-state index is 0.0206. The number of rotatable bonds is 4. The van der Waals surface area contributed by atoms with Crippen LogP contribution in [0.1, 0.15) is 10.4 Å². The van der Waals surface area contributed by atoms with E-state index in [-0.39, 0.29) is 29.0 Å². The lowest BCUT2D eigenvalue weighted by atomic mass is 10.2. The predicted octanol–water partition coefficient (Wildman–Crippen LogP) is 1.47. The summed E-state index contributed by atoms with van der Waals surface area (Å²) in [6.07, 6.45) is -0.560. The van der Waals surface area contributed by atoms with E-state index in [1.165, 1.54) is 19.2 Å². The molecule has 98 valence electrons. The van der Waals surface area contributed by atoms with Gasteiger partial charge in [-0.3, -0.25) is 4.79 Å². The third-order valence-electron chi connectivity index (χ3n) is 1.88. The summed E-state index contributed by atoms with van der Waals surface area (Å²) in [5.41, 5.74) is 0.209. The van der Waals surface area contributed by atoms with Crippen molar-refractivity contribution in [2.45, 2.75) is 0 Å². The van der Waals surface area contributed by atoms with Gasteiger partial charge in [-0.1, -0.05) is 23.2 Å². The first-order valence-corrected chi connectivity index (χ1v) is 5.75.